The number of anilines is 21. The van der Waals surface area contributed by atoms with Gasteiger partial charge in [-0.25, -0.2) is 0 Å². The van der Waals surface area contributed by atoms with Gasteiger partial charge in [0.1, 0.15) is 0 Å². The van der Waals surface area contributed by atoms with Crippen LogP contribution in [0.3, 0.4) is 0 Å². The van der Waals surface area contributed by atoms with Gasteiger partial charge in [0.25, 0.3) is 13.4 Å². The van der Waals surface area contributed by atoms with Crippen molar-refractivity contribution < 1.29 is 0 Å². The number of hydrogen-bond donors (Lipinski definition) is 0. The number of nitrogens with zero attached hydrogens (tertiary/aromatic N) is 7. The maximum atomic E-state index is 2.79. The van der Waals surface area contributed by atoms with Crippen LogP contribution in [0.4, 0.5) is 119 Å². The summed E-state index contributed by atoms with van der Waals surface area (Å²) in [5, 5.41) is 4.83. The van der Waals surface area contributed by atoms with Gasteiger partial charge >= 0.3 is 0 Å². The molecule has 0 atom stereocenters. The van der Waals surface area contributed by atoms with Crippen molar-refractivity contribution in [1.82, 2.24) is 0 Å². The molecule has 0 amide bonds. The second-order valence-corrected chi connectivity index (χ2v) is 28.6. The van der Waals surface area contributed by atoms with Gasteiger partial charge in [-0.2, -0.15) is 0 Å². The lowest BCUT2D eigenvalue weighted by Gasteiger charge is -2.53. The van der Waals surface area contributed by atoms with Gasteiger partial charge in [0.05, 0.1) is 83.7 Å². The predicted octanol–water partition coefficient (Wildman–Crippen LogP) is 21.2. The van der Waals surface area contributed by atoms with Gasteiger partial charge in [-0.1, -0.05) is 231 Å². The van der Waals surface area contributed by atoms with Crippen molar-refractivity contribution >= 4 is 199 Å². The molecule has 16 aromatic rings. The molecule has 7 aliphatic rings. The number of benzene rings is 15. The molecule has 10 heteroatoms. The second kappa shape index (κ2) is 20.7. The highest BCUT2D eigenvalue weighted by atomic mass is 32.1. The molecule has 468 valence electrons. The molecule has 0 spiro atoms. The lowest BCUT2D eigenvalue weighted by molar-refractivity contribution is 1.15. The van der Waals surface area contributed by atoms with E-state index in [0.29, 0.717) is 0 Å². The fraction of sp³-hybridized carbons (Fsp3) is 0.0110. The van der Waals surface area contributed by atoms with E-state index in [4.69, 9.17) is 0 Å². The van der Waals surface area contributed by atoms with Crippen molar-refractivity contribution in [2.45, 2.75) is 6.92 Å². The number of rotatable bonds is 7. The van der Waals surface area contributed by atoms with Crippen LogP contribution in [0.5, 0.6) is 0 Å². The molecular formula is C91H57B2N7S. The van der Waals surface area contributed by atoms with Gasteiger partial charge in [-0.05, 0) is 164 Å². The van der Waals surface area contributed by atoms with Crippen LogP contribution in [0.15, 0.2) is 328 Å². The number of thiophene rings is 1. The number of hydrogen-bond acceptors (Lipinski definition) is 8. The van der Waals surface area contributed by atoms with Crippen LogP contribution in [-0.2, 0) is 0 Å². The first kappa shape index (κ1) is 55.3. The normalized spacial score (nSPS) is 13.8. The molecule has 0 saturated carbocycles. The zero-order chi connectivity index (χ0) is 65.9. The Morgan fingerprint density at radius 2 is 0.594 bits per heavy atom. The van der Waals surface area contributed by atoms with Gasteiger partial charge in [-0.3, -0.25) is 0 Å². The van der Waals surface area contributed by atoms with E-state index in [2.05, 4.69) is 369 Å². The Labute approximate surface area is 589 Å². The van der Waals surface area contributed by atoms with Crippen molar-refractivity contribution in [3.05, 3.63) is 333 Å². The third-order valence-electron chi connectivity index (χ3n) is 22.2. The van der Waals surface area contributed by atoms with Gasteiger partial charge < -0.3 is 34.3 Å². The number of aryl methyl sites for hydroxylation is 1. The summed E-state index contributed by atoms with van der Waals surface area (Å²) < 4.78 is 0. The first-order valence-corrected chi connectivity index (χ1v) is 35.8. The average molecular weight is 1300 g/mol. The SMILES string of the molecule is Cc1cc2c3c(c1)N1c4c(ccc5c4N(c4cc(N(c6ccccc6)c6ccccc6)cc6c4B5c4cc5ccccc5c5c4N6c4ccccc4N5c4ccccc4)c4c(-c5ccccc5)sc(-c5ccccc5)c41)B3c1cc3ccccc3c3c1N2c1ccccc1N3c1ccccc1. The smallest absolute Gasteiger partial charge is 0.252 e. The summed E-state index contributed by atoms with van der Waals surface area (Å²) in [6.07, 6.45) is 0. The van der Waals surface area contributed by atoms with Gasteiger partial charge in [-0.15, -0.1) is 11.3 Å². The van der Waals surface area contributed by atoms with E-state index in [1.54, 1.807) is 0 Å². The van der Waals surface area contributed by atoms with Crippen molar-refractivity contribution in [3.8, 4) is 20.9 Å². The Kier molecular flexibility index (Phi) is 11.3. The Morgan fingerprint density at radius 1 is 0.257 bits per heavy atom. The minimum Gasteiger partial charge on any atom is -0.310 e. The Bertz CT molecular complexity index is 6190. The minimum atomic E-state index is -0.235. The third kappa shape index (κ3) is 7.42. The molecular weight excluding hydrogens is 1240 g/mol. The van der Waals surface area contributed by atoms with Gasteiger partial charge in [0.15, 0.2) is 0 Å². The van der Waals surface area contributed by atoms with Crippen molar-refractivity contribution in [1.29, 1.82) is 0 Å². The zero-order valence-electron chi connectivity index (χ0n) is 54.9. The van der Waals surface area contributed by atoms with E-state index < -0.39 is 0 Å². The van der Waals surface area contributed by atoms with Gasteiger partial charge in [0, 0.05) is 56.3 Å². The highest BCUT2D eigenvalue weighted by Crippen LogP contribution is 2.68. The van der Waals surface area contributed by atoms with Gasteiger partial charge in [0.2, 0.25) is 0 Å². The van der Waals surface area contributed by atoms with Crippen LogP contribution in [0.1, 0.15) is 5.56 Å². The van der Waals surface area contributed by atoms with Crippen LogP contribution in [0, 0.1) is 6.92 Å². The molecule has 0 radical (unpaired) electrons. The van der Waals surface area contributed by atoms with E-state index in [1.807, 2.05) is 11.3 Å². The van der Waals surface area contributed by atoms with E-state index in [9.17, 15) is 0 Å². The molecule has 15 aromatic carbocycles. The zero-order valence-corrected chi connectivity index (χ0v) is 55.7. The van der Waals surface area contributed by atoms with Crippen LogP contribution in [0.2, 0.25) is 0 Å². The summed E-state index contributed by atoms with van der Waals surface area (Å²) in [6, 6.07) is 123. The molecule has 7 nitrogen and oxygen atoms in total. The highest BCUT2D eigenvalue weighted by Gasteiger charge is 2.56. The highest BCUT2D eigenvalue weighted by molar-refractivity contribution is 7.20. The monoisotopic (exact) mass is 1300 g/mol. The summed E-state index contributed by atoms with van der Waals surface area (Å²) in [7, 11) is 0. The van der Waals surface area contributed by atoms with Crippen LogP contribution in [-0.4, -0.2) is 13.4 Å². The molecule has 0 bridgehead atoms. The Hall–Kier alpha value is -12.8. The first-order valence-electron chi connectivity index (χ1n) is 35.0. The summed E-state index contributed by atoms with van der Waals surface area (Å²) in [6.45, 7) is 1.90. The predicted molar refractivity (Wildman–Crippen MR) is 428 cm³/mol. The molecule has 1 aromatic heterocycles. The largest absolute Gasteiger partial charge is 0.310 e. The fourth-order valence-corrected chi connectivity index (χ4v) is 19.7. The van der Waals surface area contributed by atoms with E-state index in [-0.39, 0.29) is 13.4 Å². The molecule has 0 fully saturated rings. The maximum Gasteiger partial charge on any atom is 0.252 e. The minimum absolute atomic E-state index is 0.188. The fourth-order valence-electron chi connectivity index (χ4n) is 18.4. The van der Waals surface area contributed by atoms with Crippen molar-refractivity contribution in [3.63, 3.8) is 0 Å². The summed E-state index contributed by atoms with van der Waals surface area (Å²) in [4.78, 5) is 20.9. The summed E-state index contributed by atoms with van der Waals surface area (Å²) in [5.74, 6) is 0. The van der Waals surface area contributed by atoms with Crippen molar-refractivity contribution in [2.24, 2.45) is 0 Å². The van der Waals surface area contributed by atoms with Crippen molar-refractivity contribution in [2.75, 3.05) is 34.3 Å². The molecule has 0 aliphatic carbocycles. The quantitative estimate of drug-likeness (QED) is 0.147. The van der Waals surface area contributed by atoms with Crippen LogP contribution in [0.25, 0.3) is 42.4 Å². The molecule has 0 saturated heterocycles. The number of para-hydroxylation sites is 8. The Balaban J connectivity index is 0.905. The van der Waals surface area contributed by atoms with Crippen LogP contribution >= 0.6 is 11.3 Å². The standard InChI is InChI=1S/C91H57B2N7S/c1-56-50-76-80-77(51-56)99-84-68(92(80)70-52-59-32-20-22-42-66(59)82-86(70)97(76)74-46-26-24-44-72(74)95(82)63-38-16-6-17-39-63)48-49-69-85(84)100(89-88(99)90(57-28-8-2-9-29-57)101-91(89)58-30-10-3-11-31-58)79-55-65(94(61-34-12-4-13-35-61)62-36-14-5-15-37-62)54-78-81(79)93(69)71-53-60-33-21-23-43-67(60)83-87(71)98(78)75-47-27-25-45-73(75)96(83)64-40-18-7-19-41-64/h2-55H,1H3. The maximum absolute atomic E-state index is 2.79. The second-order valence-electron chi connectivity index (χ2n) is 27.5. The average Bonchev–Trinajstić information content (AvgIpc) is 1.58. The lowest BCUT2D eigenvalue weighted by atomic mass is 9.30. The van der Waals surface area contributed by atoms with E-state index in [1.165, 1.54) is 138 Å². The molecule has 8 heterocycles. The number of fused-ring (bicyclic) bond motifs is 19. The first-order chi connectivity index (χ1) is 50.1. The summed E-state index contributed by atoms with van der Waals surface area (Å²) in [5.41, 5.74) is 35.6. The lowest BCUT2D eigenvalue weighted by Crippen LogP contribution is -2.66. The molecule has 7 aliphatic heterocycles. The van der Waals surface area contributed by atoms with E-state index >= 15 is 0 Å². The topological polar surface area (TPSA) is 22.7 Å². The molecule has 0 unspecified atom stereocenters. The Morgan fingerprint density at radius 3 is 1.03 bits per heavy atom. The molecule has 0 N–H and O–H groups in total. The van der Waals surface area contributed by atoms with Crippen LogP contribution < -0.4 is 67.1 Å². The third-order valence-corrected chi connectivity index (χ3v) is 23.5. The molecule has 23 rings (SSSR count). The van der Waals surface area contributed by atoms with E-state index in [0.717, 1.165) is 62.6 Å². The molecule has 101 heavy (non-hydrogen) atoms. The summed E-state index contributed by atoms with van der Waals surface area (Å²) >= 11 is 1.92.